The fourth-order valence-corrected chi connectivity index (χ4v) is 10.4. The molecule has 2 aromatic rings. The highest BCUT2D eigenvalue weighted by Gasteiger charge is 3.10. The summed E-state index contributed by atoms with van der Waals surface area (Å²) in [7, 11) is 0. The van der Waals surface area contributed by atoms with E-state index in [9.17, 15) is 0 Å². The number of hydrogen-bond donors (Lipinski definition) is 0. The lowest BCUT2D eigenvalue weighted by Crippen LogP contribution is -3.11. The van der Waals surface area contributed by atoms with Gasteiger partial charge in [-0.2, -0.15) is 0 Å². The van der Waals surface area contributed by atoms with E-state index < -0.39 is 0 Å². The van der Waals surface area contributed by atoms with Gasteiger partial charge in [0.1, 0.15) is 0 Å². The minimum atomic E-state index is 0.416. The third kappa shape index (κ3) is 0.722. The number of fused-ring (bicyclic) bond motifs is 1. The van der Waals surface area contributed by atoms with Gasteiger partial charge in [0.2, 0.25) is 0 Å². The molecule has 6 aliphatic rings. The Morgan fingerprint density at radius 2 is 1.17 bits per heavy atom. The predicted molar refractivity (Wildman–Crippen MR) is 95.6 cm³/mol. The van der Waals surface area contributed by atoms with Crippen LogP contribution in [0.4, 0.5) is 0 Å². The Balaban J connectivity index is 1.57. The number of benzene rings is 2. The molecule has 0 aliphatic heterocycles. The van der Waals surface area contributed by atoms with E-state index in [0.29, 0.717) is 21.7 Å². The van der Waals surface area contributed by atoms with E-state index in [1.807, 2.05) is 0 Å². The van der Waals surface area contributed by atoms with Gasteiger partial charge in [0.25, 0.3) is 0 Å². The van der Waals surface area contributed by atoms with Crippen LogP contribution in [0.15, 0.2) is 60.7 Å². The largest absolute Gasteiger partial charge is 0.0622 e. The summed E-state index contributed by atoms with van der Waals surface area (Å²) < 4.78 is 0. The van der Waals surface area contributed by atoms with Crippen molar-refractivity contribution >= 4 is 0 Å². The smallest absolute Gasteiger partial charge is 0.0154 e. The first-order valence-corrected chi connectivity index (χ1v) is 9.79. The van der Waals surface area contributed by atoms with Crippen LogP contribution >= 0.6 is 0 Å². The maximum atomic E-state index is 2.67. The maximum Gasteiger partial charge on any atom is 0.0154 e. The third-order valence-electron chi connectivity index (χ3n) is 10.3. The maximum absolute atomic E-state index is 2.67. The Morgan fingerprint density at radius 1 is 0.625 bits per heavy atom. The molecule has 2 bridgehead atoms. The van der Waals surface area contributed by atoms with Crippen molar-refractivity contribution in [1.82, 2.24) is 0 Å². The molecule has 24 heavy (non-hydrogen) atoms. The van der Waals surface area contributed by atoms with Crippen molar-refractivity contribution in [2.45, 2.75) is 37.5 Å². The van der Waals surface area contributed by atoms with E-state index >= 15 is 0 Å². The van der Waals surface area contributed by atoms with E-state index in [0.717, 1.165) is 23.7 Å². The lowest BCUT2D eigenvalue weighted by atomic mass is 8.91. The molecule has 8 rings (SSSR count). The van der Waals surface area contributed by atoms with Crippen LogP contribution in [0.25, 0.3) is 0 Å². The first kappa shape index (κ1) is 12.8. The second kappa shape index (κ2) is 3.26. The average Bonchev–Trinajstić information content (AvgIpc) is 2.62. The first-order chi connectivity index (χ1) is 11.7. The Morgan fingerprint density at radius 3 is 1.79 bits per heavy atom. The van der Waals surface area contributed by atoms with Crippen LogP contribution < -0.4 is 0 Å². The van der Waals surface area contributed by atoms with Crippen molar-refractivity contribution in [2.24, 2.45) is 34.5 Å². The van der Waals surface area contributed by atoms with E-state index in [4.69, 9.17) is 0 Å². The topological polar surface area (TPSA) is 0 Å². The second-order valence-corrected chi connectivity index (χ2v) is 9.59. The Kier molecular flexibility index (Phi) is 1.73. The highest BCUT2D eigenvalue weighted by Crippen LogP contribution is 3.10. The fourth-order valence-electron chi connectivity index (χ4n) is 10.4. The van der Waals surface area contributed by atoms with Gasteiger partial charge in [0.15, 0.2) is 0 Å². The molecule has 0 radical (unpaired) electrons. The Hall–Kier alpha value is -1.56. The molecule has 0 aromatic heterocycles. The Labute approximate surface area is 144 Å². The lowest BCUT2D eigenvalue weighted by molar-refractivity contribution is -0.587. The second-order valence-electron chi connectivity index (χ2n) is 9.59. The molecule has 0 N–H and O–H groups in total. The number of hydrogen-bond acceptors (Lipinski definition) is 0. The molecule has 0 heterocycles. The first-order valence-electron chi connectivity index (χ1n) is 9.79. The summed E-state index contributed by atoms with van der Waals surface area (Å²) in [6.07, 6.45) is 2.97. The molecule has 8 unspecified atom stereocenters. The highest BCUT2D eigenvalue weighted by atomic mass is 15.1. The molecule has 6 saturated carbocycles. The van der Waals surface area contributed by atoms with Crippen LogP contribution in [0.1, 0.15) is 37.8 Å². The monoisotopic (exact) mass is 312 g/mol. The molecule has 0 nitrogen and oxygen atoms in total. The van der Waals surface area contributed by atoms with Gasteiger partial charge in [-0.15, -0.1) is 0 Å². The van der Waals surface area contributed by atoms with Crippen molar-refractivity contribution in [3.8, 4) is 0 Å². The minimum absolute atomic E-state index is 0.416. The van der Waals surface area contributed by atoms with Gasteiger partial charge in [0.05, 0.1) is 0 Å². The van der Waals surface area contributed by atoms with Crippen LogP contribution in [0.3, 0.4) is 0 Å². The van der Waals surface area contributed by atoms with Crippen molar-refractivity contribution in [3.05, 3.63) is 71.8 Å². The van der Waals surface area contributed by atoms with Gasteiger partial charge >= 0.3 is 0 Å². The van der Waals surface area contributed by atoms with Crippen LogP contribution in [0, 0.1) is 34.5 Å². The van der Waals surface area contributed by atoms with Crippen LogP contribution in [0.2, 0.25) is 0 Å². The average molecular weight is 312 g/mol. The quantitative estimate of drug-likeness (QED) is 0.716. The molecule has 120 valence electrons. The molecule has 2 aromatic carbocycles. The van der Waals surface area contributed by atoms with Gasteiger partial charge in [-0.3, -0.25) is 0 Å². The molecule has 0 amide bonds. The SMILES string of the molecule is CC12C3CCC4C5C3C1(C)C5(c1ccccc1)C42c1ccccc1. The molecular formula is C24H24. The van der Waals surface area contributed by atoms with Gasteiger partial charge in [-0.05, 0) is 58.5 Å². The third-order valence-corrected chi connectivity index (χ3v) is 10.3. The van der Waals surface area contributed by atoms with Crippen molar-refractivity contribution in [3.63, 3.8) is 0 Å². The fraction of sp³-hybridized carbons (Fsp3) is 0.500. The van der Waals surface area contributed by atoms with Crippen molar-refractivity contribution in [1.29, 1.82) is 0 Å². The summed E-state index contributed by atoms with van der Waals surface area (Å²) in [5, 5.41) is 0. The van der Waals surface area contributed by atoms with E-state index in [-0.39, 0.29) is 0 Å². The highest BCUT2D eigenvalue weighted by molar-refractivity contribution is 5.70. The summed E-state index contributed by atoms with van der Waals surface area (Å²) in [6, 6.07) is 23.2. The van der Waals surface area contributed by atoms with Crippen LogP contribution in [-0.4, -0.2) is 0 Å². The zero-order chi connectivity index (χ0) is 15.9. The van der Waals surface area contributed by atoms with Crippen LogP contribution in [-0.2, 0) is 10.8 Å². The zero-order valence-electron chi connectivity index (χ0n) is 14.5. The minimum Gasteiger partial charge on any atom is -0.0622 e. The van der Waals surface area contributed by atoms with Gasteiger partial charge in [0, 0.05) is 10.8 Å². The van der Waals surface area contributed by atoms with Gasteiger partial charge < -0.3 is 0 Å². The summed E-state index contributed by atoms with van der Waals surface area (Å²) in [6.45, 7) is 5.32. The van der Waals surface area contributed by atoms with Crippen molar-refractivity contribution < 1.29 is 0 Å². The lowest BCUT2D eigenvalue weighted by Gasteiger charge is -3.11. The van der Waals surface area contributed by atoms with Crippen molar-refractivity contribution in [2.75, 3.05) is 0 Å². The van der Waals surface area contributed by atoms with Crippen LogP contribution in [0.5, 0.6) is 0 Å². The zero-order valence-corrected chi connectivity index (χ0v) is 14.5. The van der Waals surface area contributed by atoms with Gasteiger partial charge in [-0.1, -0.05) is 74.5 Å². The number of rotatable bonds is 2. The standard InChI is InChI=1S/C24H24/c1-21-17-13-14-18-20-19(17)22(21,2)24(20,16-11-7-4-8-12-16)23(18,21)15-9-5-3-6-10-15/h3-12,17-20H,13-14H2,1-2H3. The molecule has 0 saturated heterocycles. The van der Waals surface area contributed by atoms with E-state index in [1.165, 1.54) is 12.8 Å². The Bertz CT molecular complexity index is 885. The normalized spacial score (nSPS) is 57.1. The van der Waals surface area contributed by atoms with E-state index in [1.54, 1.807) is 11.1 Å². The van der Waals surface area contributed by atoms with E-state index in [2.05, 4.69) is 74.5 Å². The molecule has 6 aliphatic carbocycles. The predicted octanol–water partition coefficient (Wildman–Crippen LogP) is 5.19. The summed E-state index contributed by atoms with van der Waals surface area (Å²) >= 11 is 0. The summed E-state index contributed by atoms with van der Waals surface area (Å²) in [5.74, 6) is 3.91. The molecule has 0 spiro atoms. The summed E-state index contributed by atoms with van der Waals surface area (Å²) in [4.78, 5) is 0. The molecule has 8 atom stereocenters. The molecule has 6 fully saturated rings. The summed E-state index contributed by atoms with van der Waals surface area (Å²) in [5.41, 5.74) is 5.22. The molecular weight excluding hydrogens is 288 g/mol. The van der Waals surface area contributed by atoms with Gasteiger partial charge in [-0.25, -0.2) is 0 Å². The molecule has 0 heteroatoms.